The van der Waals surface area contributed by atoms with E-state index in [1.54, 1.807) is 19.0 Å². The van der Waals surface area contributed by atoms with Crippen LogP contribution in [-0.2, 0) is 19.4 Å². The van der Waals surface area contributed by atoms with E-state index in [1.807, 2.05) is 6.07 Å². The number of carbonyl (C=O) groups is 2. The molecule has 0 aliphatic carbocycles. The molecule has 0 aliphatic heterocycles. The molecule has 0 fully saturated rings. The van der Waals surface area contributed by atoms with Gasteiger partial charge in [0.25, 0.3) is 5.16 Å². The molecule has 1 atom stereocenters. The van der Waals surface area contributed by atoms with Crippen LogP contribution < -0.4 is 14.4 Å². The number of sulfone groups is 1. The predicted molar refractivity (Wildman–Crippen MR) is 116 cm³/mol. The molecule has 0 bridgehead atoms. The molecule has 0 amide bonds. The van der Waals surface area contributed by atoms with Gasteiger partial charge < -0.3 is 24.6 Å². The van der Waals surface area contributed by atoms with Crippen LogP contribution in [0.2, 0.25) is 0 Å². The molecule has 1 aromatic heterocycles. The highest BCUT2D eigenvalue weighted by molar-refractivity contribution is 7.90. The lowest BCUT2D eigenvalue weighted by molar-refractivity contribution is -0.387. The van der Waals surface area contributed by atoms with E-state index in [1.165, 1.54) is 18.2 Å². The molecule has 0 saturated heterocycles. The summed E-state index contributed by atoms with van der Waals surface area (Å²) in [6.07, 6.45) is -2.46. The van der Waals surface area contributed by atoms with E-state index in [4.69, 9.17) is 14.6 Å². The topological polar surface area (TPSA) is 223 Å². The standard InChI is InChI=1S/C19H19N5O10S/c1-23(2)12-8-11(5-4-10(12)9-20)33-16-15(24(29)30)17(22-19(21-16)35(3,31)32)34-13(18(27)28)6-7-14(25)26/h4-5,8,13H,6-7H2,1-3H3,(H,25,26)(H,27,28). The number of aromatic nitrogens is 2. The lowest BCUT2D eigenvalue weighted by Gasteiger charge is -2.17. The summed E-state index contributed by atoms with van der Waals surface area (Å²) in [6.45, 7) is 0. The molecule has 0 saturated carbocycles. The summed E-state index contributed by atoms with van der Waals surface area (Å²) in [5, 5.41) is 38.2. The van der Waals surface area contributed by atoms with Crippen LogP contribution in [0.15, 0.2) is 23.4 Å². The number of nitriles is 1. The second kappa shape index (κ2) is 10.6. The SMILES string of the molecule is CN(C)c1cc(Oc2nc(S(C)(=O)=O)nc(OC(CCC(=O)O)C(=O)O)c2[N+](=O)[O-])ccc1C#N. The number of hydrogen-bond acceptors (Lipinski definition) is 12. The quantitative estimate of drug-likeness (QED) is 0.247. The number of ether oxygens (including phenoxy) is 2. The molecule has 1 heterocycles. The number of rotatable bonds is 11. The van der Waals surface area contributed by atoms with Crippen molar-refractivity contribution in [2.75, 3.05) is 25.3 Å². The average molecular weight is 509 g/mol. The van der Waals surface area contributed by atoms with Gasteiger partial charge in [0.2, 0.25) is 9.84 Å². The Morgan fingerprint density at radius 3 is 2.37 bits per heavy atom. The highest BCUT2D eigenvalue weighted by Crippen LogP contribution is 2.39. The van der Waals surface area contributed by atoms with Crippen molar-refractivity contribution in [3.05, 3.63) is 33.9 Å². The average Bonchev–Trinajstić information content (AvgIpc) is 2.74. The van der Waals surface area contributed by atoms with Gasteiger partial charge >= 0.3 is 29.4 Å². The molecule has 2 N–H and O–H groups in total. The van der Waals surface area contributed by atoms with Crippen molar-refractivity contribution in [1.82, 2.24) is 9.97 Å². The fourth-order valence-electron chi connectivity index (χ4n) is 2.64. The fourth-order valence-corrected chi connectivity index (χ4v) is 3.14. The molecule has 0 spiro atoms. The third kappa shape index (κ3) is 6.74. The van der Waals surface area contributed by atoms with Crippen molar-refractivity contribution in [2.24, 2.45) is 0 Å². The first-order valence-corrected chi connectivity index (χ1v) is 11.4. The molecule has 0 aliphatic rings. The van der Waals surface area contributed by atoms with Crippen LogP contribution in [0.5, 0.6) is 17.5 Å². The van der Waals surface area contributed by atoms with Crippen LogP contribution in [-0.4, -0.2) is 71.9 Å². The van der Waals surface area contributed by atoms with Crippen molar-refractivity contribution in [2.45, 2.75) is 24.1 Å². The Morgan fingerprint density at radius 2 is 1.89 bits per heavy atom. The zero-order valence-electron chi connectivity index (χ0n) is 18.5. The Kier molecular flexibility index (Phi) is 8.10. The van der Waals surface area contributed by atoms with E-state index < -0.39 is 68.2 Å². The monoisotopic (exact) mass is 509 g/mol. The maximum absolute atomic E-state index is 12.1. The second-order valence-electron chi connectivity index (χ2n) is 7.16. The van der Waals surface area contributed by atoms with Crippen LogP contribution in [0.1, 0.15) is 18.4 Å². The summed E-state index contributed by atoms with van der Waals surface area (Å²) >= 11 is 0. The normalized spacial score (nSPS) is 11.7. The van der Waals surface area contributed by atoms with E-state index >= 15 is 0 Å². The first-order chi connectivity index (χ1) is 16.2. The first kappa shape index (κ1) is 26.7. The third-order valence-electron chi connectivity index (χ3n) is 4.25. The van der Waals surface area contributed by atoms with Crippen LogP contribution in [0.3, 0.4) is 0 Å². The van der Waals surface area contributed by atoms with Crippen LogP contribution >= 0.6 is 0 Å². The first-order valence-electron chi connectivity index (χ1n) is 9.51. The van der Waals surface area contributed by atoms with Gasteiger partial charge in [0.05, 0.1) is 16.2 Å². The molecule has 1 aromatic carbocycles. The van der Waals surface area contributed by atoms with Crippen molar-refractivity contribution >= 4 is 33.2 Å². The Morgan fingerprint density at radius 1 is 1.26 bits per heavy atom. The Balaban J connectivity index is 2.68. The van der Waals surface area contributed by atoms with Gasteiger partial charge in [0.1, 0.15) is 11.8 Å². The molecule has 0 radical (unpaired) electrons. The smallest absolute Gasteiger partial charge is 0.392 e. The minimum absolute atomic E-state index is 0.0689. The van der Waals surface area contributed by atoms with Crippen LogP contribution in [0.25, 0.3) is 0 Å². The Hall–Kier alpha value is -4.52. The number of nitro groups is 1. The van der Waals surface area contributed by atoms with E-state index in [0.717, 1.165) is 0 Å². The molecule has 2 rings (SSSR count). The molecule has 2 aromatic rings. The number of carboxylic acid groups (broad SMARTS) is 2. The number of hydrogen-bond donors (Lipinski definition) is 2. The lowest BCUT2D eigenvalue weighted by atomic mass is 10.2. The predicted octanol–water partition coefficient (Wildman–Crippen LogP) is 1.22. The third-order valence-corrected chi connectivity index (χ3v) is 5.10. The minimum Gasteiger partial charge on any atom is -0.481 e. The van der Waals surface area contributed by atoms with E-state index in [2.05, 4.69) is 9.97 Å². The minimum atomic E-state index is -4.19. The summed E-state index contributed by atoms with van der Waals surface area (Å²) in [7, 11) is -0.936. The van der Waals surface area contributed by atoms with Gasteiger partial charge in [-0.1, -0.05) is 0 Å². The van der Waals surface area contributed by atoms with Crippen molar-refractivity contribution < 1.29 is 42.6 Å². The van der Waals surface area contributed by atoms with Gasteiger partial charge in [-0.15, -0.1) is 0 Å². The molecule has 16 heteroatoms. The van der Waals surface area contributed by atoms with Gasteiger partial charge in [0, 0.05) is 39.3 Å². The maximum Gasteiger partial charge on any atom is 0.392 e. The zero-order valence-corrected chi connectivity index (χ0v) is 19.3. The second-order valence-corrected chi connectivity index (χ2v) is 9.07. The highest BCUT2D eigenvalue weighted by atomic mass is 32.2. The molecule has 186 valence electrons. The number of anilines is 1. The van der Waals surface area contributed by atoms with Crippen molar-refractivity contribution in [3.8, 4) is 23.6 Å². The number of aliphatic carboxylic acids is 2. The summed E-state index contributed by atoms with van der Waals surface area (Å²) in [5.74, 6) is -5.00. The van der Waals surface area contributed by atoms with Crippen molar-refractivity contribution in [3.63, 3.8) is 0 Å². The van der Waals surface area contributed by atoms with Gasteiger partial charge in [-0.25, -0.2) is 13.2 Å². The molecule has 35 heavy (non-hydrogen) atoms. The van der Waals surface area contributed by atoms with Gasteiger partial charge in [-0.05, 0) is 12.1 Å². The van der Waals surface area contributed by atoms with E-state index in [9.17, 15) is 38.5 Å². The molecule has 1 unspecified atom stereocenters. The van der Waals surface area contributed by atoms with Gasteiger partial charge in [-0.2, -0.15) is 15.2 Å². The lowest BCUT2D eigenvalue weighted by Crippen LogP contribution is -2.29. The maximum atomic E-state index is 12.1. The van der Waals surface area contributed by atoms with E-state index in [-0.39, 0.29) is 11.3 Å². The largest absolute Gasteiger partial charge is 0.481 e. The zero-order chi connectivity index (χ0) is 26.5. The number of nitrogens with zero attached hydrogens (tertiary/aromatic N) is 5. The molecular weight excluding hydrogens is 490 g/mol. The van der Waals surface area contributed by atoms with Crippen LogP contribution in [0.4, 0.5) is 11.4 Å². The van der Waals surface area contributed by atoms with E-state index in [0.29, 0.717) is 11.9 Å². The Labute approximate surface area is 198 Å². The summed E-state index contributed by atoms with van der Waals surface area (Å²) in [6, 6.07) is 5.95. The molecular formula is C19H19N5O10S. The highest BCUT2D eigenvalue weighted by Gasteiger charge is 2.34. The van der Waals surface area contributed by atoms with Gasteiger partial charge in [-0.3, -0.25) is 14.9 Å². The Bertz CT molecular complexity index is 1320. The molecule has 15 nitrogen and oxygen atoms in total. The summed E-state index contributed by atoms with van der Waals surface area (Å²) in [5.41, 5.74) is -0.459. The van der Waals surface area contributed by atoms with Crippen LogP contribution in [0, 0.1) is 21.4 Å². The summed E-state index contributed by atoms with van der Waals surface area (Å²) in [4.78, 5) is 41.7. The van der Waals surface area contributed by atoms with Crippen molar-refractivity contribution in [1.29, 1.82) is 5.26 Å². The fraction of sp³-hybridized carbons (Fsp3) is 0.316. The number of carboxylic acids is 2. The van der Waals surface area contributed by atoms with Gasteiger partial charge in [0.15, 0.2) is 6.10 Å². The number of benzene rings is 1. The summed E-state index contributed by atoms with van der Waals surface area (Å²) < 4.78 is 34.7.